The van der Waals surface area contributed by atoms with Crippen LogP contribution in [-0.4, -0.2) is 55.7 Å². The summed E-state index contributed by atoms with van der Waals surface area (Å²) in [6.07, 6.45) is 2.83. The SMILES string of the molecule is CC1CC2C3CC(F)C4=CC(=O)C=C[C@]4(C)[C@@]3(Br)C(O)C[C@]2(C)[C@@]1(O)C(=O)CO. The first-order chi connectivity index (χ1) is 13.4. The summed E-state index contributed by atoms with van der Waals surface area (Å²) >= 11 is 3.82. The number of hydrogen-bond donors (Lipinski definition) is 3. The smallest absolute Gasteiger partial charge is 0.190 e. The number of carbonyl (C=O) groups excluding carboxylic acids is 2. The fourth-order valence-corrected chi connectivity index (χ4v) is 8.28. The van der Waals surface area contributed by atoms with Gasteiger partial charge in [0, 0.05) is 10.8 Å². The lowest BCUT2D eigenvalue weighted by Crippen LogP contribution is -2.69. The van der Waals surface area contributed by atoms with E-state index in [2.05, 4.69) is 15.9 Å². The highest BCUT2D eigenvalue weighted by Gasteiger charge is 2.75. The van der Waals surface area contributed by atoms with Gasteiger partial charge in [0.2, 0.25) is 0 Å². The van der Waals surface area contributed by atoms with Crippen molar-refractivity contribution in [3.8, 4) is 0 Å². The van der Waals surface area contributed by atoms with E-state index in [9.17, 15) is 24.9 Å². The third kappa shape index (κ3) is 2.31. The number of allylic oxidation sites excluding steroid dienone is 4. The molecule has 3 fully saturated rings. The number of alkyl halides is 2. The molecule has 3 N–H and O–H groups in total. The molecular formula is C22H28BrFO5. The van der Waals surface area contributed by atoms with Gasteiger partial charge in [-0.3, -0.25) is 9.59 Å². The topological polar surface area (TPSA) is 94.8 Å². The Balaban J connectivity index is 1.87. The second-order valence-electron chi connectivity index (χ2n) is 9.84. The summed E-state index contributed by atoms with van der Waals surface area (Å²) in [5.74, 6) is -1.93. The summed E-state index contributed by atoms with van der Waals surface area (Å²) < 4.78 is 14.4. The van der Waals surface area contributed by atoms with Gasteiger partial charge in [-0.05, 0) is 54.7 Å². The summed E-state index contributed by atoms with van der Waals surface area (Å²) in [5.41, 5.74) is -3.30. The first kappa shape index (κ1) is 21.3. The zero-order chi connectivity index (χ0) is 21.6. The van der Waals surface area contributed by atoms with Crippen molar-refractivity contribution in [3.05, 3.63) is 23.8 Å². The molecule has 3 saturated carbocycles. The Labute approximate surface area is 178 Å². The van der Waals surface area contributed by atoms with Crippen LogP contribution in [-0.2, 0) is 9.59 Å². The highest BCUT2D eigenvalue weighted by atomic mass is 79.9. The number of halogens is 2. The van der Waals surface area contributed by atoms with Crippen LogP contribution in [0.2, 0.25) is 0 Å². The van der Waals surface area contributed by atoms with Crippen LogP contribution >= 0.6 is 15.9 Å². The molecule has 160 valence electrons. The zero-order valence-electron chi connectivity index (χ0n) is 16.9. The van der Waals surface area contributed by atoms with Gasteiger partial charge in [-0.15, -0.1) is 0 Å². The summed E-state index contributed by atoms with van der Waals surface area (Å²) in [7, 11) is 0. The van der Waals surface area contributed by atoms with Crippen LogP contribution in [0, 0.1) is 28.6 Å². The van der Waals surface area contributed by atoms with Crippen LogP contribution in [0.3, 0.4) is 0 Å². The Morgan fingerprint density at radius 2 is 1.97 bits per heavy atom. The third-order valence-electron chi connectivity index (χ3n) is 8.78. The zero-order valence-corrected chi connectivity index (χ0v) is 18.4. The van der Waals surface area contributed by atoms with Crippen molar-refractivity contribution in [2.45, 2.75) is 62.2 Å². The third-order valence-corrected chi connectivity index (χ3v) is 10.7. The molecule has 9 atom stereocenters. The average Bonchev–Trinajstić information content (AvgIpc) is 2.86. The predicted molar refractivity (Wildman–Crippen MR) is 108 cm³/mol. The Bertz CT molecular complexity index is 841. The van der Waals surface area contributed by atoms with Crippen molar-refractivity contribution in [2.24, 2.45) is 28.6 Å². The quantitative estimate of drug-likeness (QED) is 0.538. The van der Waals surface area contributed by atoms with E-state index >= 15 is 4.39 Å². The first-order valence-electron chi connectivity index (χ1n) is 10.2. The number of Topliss-reactive ketones (excluding diaryl/α,β-unsaturated/α-hetero) is 1. The fourth-order valence-electron chi connectivity index (χ4n) is 7.25. The number of rotatable bonds is 2. The van der Waals surface area contributed by atoms with Gasteiger partial charge in [-0.2, -0.15) is 0 Å². The fraction of sp³-hybridized carbons (Fsp3) is 0.727. The molecule has 5 nitrogen and oxygen atoms in total. The predicted octanol–water partition coefficient (Wildman–Crippen LogP) is 2.27. The minimum Gasteiger partial charge on any atom is -0.392 e. The number of hydrogen-bond acceptors (Lipinski definition) is 5. The Hall–Kier alpha value is -0.890. The first-order valence-corrected chi connectivity index (χ1v) is 11.0. The number of fused-ring (bicyclic) bond motifs is 5. The lowest BCUT2D eigenvalue weighted by molar-refractivity contribution is -0.179. The summed E-state index contributed by atoms with van der Waals surface area (Å²) in [6.45, 7) is 4.63. The highest BCUT2D eigenvalue weighted by Crippen LogP contribution is 2.72. The van der Waals surface area contributed by atoms with Crippen LogP contribution in [0.5, 0.6) is 0 Å². The Kier molecular flexibility index (Phi) is 4.65. The number of aliphatic hydroxyl groups is 3. The lowest BCUT2D eigenvalue weighted by atomic mass is 9.45. The minimum absolute atomic E-state index is 0.0984. The second-order valence-corrected chi connectivity index (χ2v) is 11.2. The van der Waals surface area contributed by atoms with Gasteiger partial charge in [0.25, 0.3) is 0 Å². The molecule has 0 aromatic heterocycles. The minimum atomic E-state index is -1.77. The van der Waals surface area contributed by atoms with Gasteiger partial charge < -0.3 is 15.3 Å². The van der Waals surface area contributed by atoms with Crippen molar-refractivity contribution in [3.63, 3.8) is 0 Å². The monoisotopic (exact) mass is 470 g/mol. The largest absolute Gasteiger partial charge is 0.392 e. The van der Waals surface area contributed by atoms with E-state index in [0.717, 1.165) is 0 Å². The molecule has 7 heteroatoms. The van der Waals surface area contributed by atoms with Gasteiger partial charge in [-0.1, -0.05) is 42.8 Å². The molecular weight excluding hydrogens is 443 g/mol. The summed E-state index contributed by atoms with van der Waals surface area (Å²) in [5, 5.41) is 32.4. The second kappa shape index (κ2) is 6.31. The molecule has 4 aliphatic carbocycles. The van der Waals surface area contributed by atoms with Crippen LogP contribution in [0.15, 0.2) is 23.8 Å². The molecule has 0 saturated heterocycles. The number of ketones is 2. The molecule has 0 aromatic rings. The molecule has 0 amide bonds. The summed E-state index contributed by atoms with van der Waals surface area (Å²) in [6, 6.07) is 0. The maximum absolute atomic E-state index is 15.4. The molecule has 0 bridgehead atoms. The van der Waals surface area contributed by atoms with Gasteiger partial charge in [0.05, 0.1) is 10.4 Å². The van der Waals surface area contributed by atoms with Gasteiger partial charge in [0.1, 0.15) is 18.4 Å². The standard InChI is InChI=1S/C22H28BrFO5/c1-11-6-13-14-8-16(24)15-7-12(26)4-5-19(15,2)21(14,23)17(27)9-20(13,3)22(11,29)18(28)10-25/h4-5,7,11,13-14,16-17,25,27,29H,6,8-10H2,1-3H3/t11?,13?,14?,16?,17?,19-,20-,21-,22-/m0/s1. The average molecular weight is 471 g/mol. The number of carbonyl (C=O) groups is 2. The Morgan fingerprint density at radius 3 is 2.59 bits per heavy atom. The Morgan fingerprint density at radius 1 is 1.31 bits per heavy atom. The van der Waals surface area contributed by atoms with Crippen LogP contribution < -0.4 is 0 Å². The van der Waals surface area contributed by atoms with Crippen LogP contribution in [0.1, 0.15) is 40.0 Å². The van der Waals surface area contributed by atoms with Crippen molar-refractivity contribution in [2.75, 3.05) is 6.61 Å². The molecule has 0 aromatic carbocycles. The molecule has 0 aliphatic heterocycles. The highest BCUT2D eigenvalue weighted by molar-refractivity contribution is 9.10. The van der Waals surface area contributed by atoms with E-state index in [1.165, 1.54) is 12.2 Å². The van der Waals surface area contributed by atoms with E-state index in [1.54, 1.807) is 19.9 Å². The molecule has 29 heavy (non-hydrogen) atoms. The van der Waals surface area contributed by atoms with Crippen molar-refractivity contribution in [1.29, 1.82) is 0 Å². The molecule has 0 heterocycles. The van der Waals surface area contributed by atoms with Crippen molar-refractivity contribution < 1.29 is 29.3 Å². The maximum atomic E-state index is 15.4. The normalized spacial score (nSPS) is 53.7. The van der Waals surface area contributed by atoms with Crippen molar-refractivity contribution >= 4 is 27.5 Å². The van der Waals surface area contributed by atoms with E-state index in [0.29, 0.717) is 12.0 Å². The van der Waals surface area contributed by atoms with Crippen molar-refractivity contribution in [1.82, 2.24) is 0 Å². The van der Waals surface area contributed by atoms with Crippen LogP contribution in [0.4, 0.5) is 4.39 Å². The van der Waals surface area contributed by atoms with Crippen LogP contribution in [0.25, 0.3) is 0 Å². The van der Waals surface area contributed by atoms with E-state index in [-0.39, 0.29) is 30.5 Å². The lowest BCUT2D eigenvalue weighted by Gasteiger charge is -2.64. The molecule has 5 unspecified atom stereocenters. The van der Waals surface area contributed by atoms with Gasteiger partial charge >= 0.3 is 0 Å². The molecule has 4 aliphatic rings. The van der Waals surface area contributed by atoms with E-state index < -0.39 is 51.3 Å². The van der Waals surface area contributed by atoms with E-state index in [4.69, 9.17) is 0 Å². The molecule has 4 rings (SSSR count). The van der Waals surface area contributed by atoms with Gasteiger partial charge in [-0.25, -0.2) is 4.39 Å². The van der Waals surface area contributed by atoms with E-state index in [1.807, 2.05) is 6.92 Å². The molecule has 0 radical (unpaired) electrons. The van der Waals surface area contributed by atoms with Gasteiger partial charge in [0.15, 0.2) is 11.6 Å². The number of aliphatic hydroxyl groups excluding tert-OH is 2. The maximum Gasteiger partial charge on any atom is 0.190 e. The summed E-state index contributed by atoms with van der Waals surface area (Å²) in [4.78, 5) is 24.5. The molecule has 0 spiro atoms.